The molecule has 0 aliphatic rings. The maximum absolute atomic E-state index is 6.04. The summed E-state index contributed by atoms with van der Waals surface area (Å²) in [7, 11) is 0. The smallest absolute Gasteiger partial charge is 0.225 e. The molecular formula is C15H14Cl2N4. The van der Waals surface area contributed by atoms with Gasteiger partial charge in [0.25, 0.3) is 0 Å². The second kappa shape index (κ2) is 4.97. The molecule has 0 spiro atoms. The number of hydrogen-bond donors (Lipinski definition) is 0. The highest BCUT2D eigenvalue weighted by Crippen LogP contribution is 2.26. The van der Waals surface area contributed by atoms with E-state index in [1.54, 1.807) is 6.33 Å². The first-order valence-electron chi connectivity index (χ1n) is 6.53. The molecule has 0 fully saturated rings. The fourth-order valence-corrected chi connectivity index (χ4v) is 2.57. The lowest BCUT2D eigenvalue weighted by Gasteiger charge is -2.19. The zero-order valence-corrected chi connectivity index (χ0v) is 13.4. The maximum Gasteiger partial charge on any atom is 0.225 e. The molecule has 1 aromatic carbocycles. The molecule has 108 valence electrons. The molecule has 0 saturated carbocycles. The molecule has 0 amide bonds. The van der Waals surface area contributed by atoms with E-state index in [9.17, 15) is 0 Å². The number of imidazole rings is 1. The normalized spacial score (nSPS) is 12.0. The van der Waals surface area contributed by atoms with Crippen LogP contribution >= 0.6 is 23.2 Å². The van der Waals surface area contributed by atoms with Crippen molar-refractivity contribution in [2.45, 2.75) is 26.2 Å². The molecule has 2 heterocycles. The molecule has 0 unspecified atom stereocenters. The molecule has 0 aliphatic carbocycles. The Morgan fingerprint density at radius 2 is 1.67 bits per heavy atom. The highest BCUT2D eigenvalue weighted by molar-refractivity contribution is 6.35. The van der Waals surface area contributed by atoms with Gasteiger partial charge in [0.1, 0.15) is 11.8 Å². The van der Waals surface area contributed by atoms with E-state index in [4.69, 9.17) is 23.2 Å². The first-order chi connectivity index (χ1) is 9.86. The molecule has 4 nitrogen and oxygen atoms in total. The van der Waals surface area contributed by atoms with E-state index in [0.29, 0.717) is 11.2 Å². The lowest BCUT2D eigenvalue weighted by atomic mass is 9.87. The van der Waals surface area contributed by atoms with Crippen molar-refractivity contribution in [3.63, 3.8) is 0 Å². The summed E-state index contributed by atoms with van der Waals surface area (Å²) in [5, 5.41) is 0.371. The first-order valence-corrected chi connectivity index (χ1v) is 7.29. The van der Waals surface area contributed by atoms with Gasteiger partial charge in [-0.25, -0.2) is 9.97 Å². The van der Waals surface area contributed by atoms with Crippen LogP contribution in [0.5, 0.6) is 0 Å². The topological polar surface area (TPSA) is 43.6 Å². The second-order valence-electron chi connectivity index (χ2n) is 5.87. The summed E-state index contributed by atoms with van der Waals surface area (Å²) in [6.07, 6.45) is 1.67. The van der Waals surface area contributed by atoms with Crippen LogP contribution in [0.1, 0.15) is 26.3 Å². The van der Waals surface area contributed by atoms with Gasteiger partial charge in [-0.3, -0.25) is 4.57 Å². The minimum Gasteiger partial charge on any atom is -0.283 e. The Labute approximate surface area is 132 Å². The van der Waals surface area contributed by atoms with Gasteiger partial charge in [0.2, 0.25) is 5.28 Å². The third-order valence-corrected chi connectivity index (χ3v) is 3.77. The minimum atomic E-state index is 0.112. The van der Waals surface area contributed by atoms with Crippen LogP contribution in [0.25, 0.3) is 16.9 Å². The minimum absolute atomic E-state index is 0.112. The first kappa shape index (κ1) is 14.3. The van der Waals surface area contributed by atoms with E-state index in [1.807, 2.05) is 16.7 Å². The Hall–Kier alpha value is -1.65. The van der Waals surface area contributed by atoms with Crippen molar-refractivity contribution in [3.05, 3.63) is 46.6 Å². The van der Waals surface area contributed by atoms with Gasteiger partial charge < -0.3 is 0 Å². The van der Waals surface area contributed by atoms with Crippen LogP contribution in [0.3, 0.4) is 0 Å². The molecule has 21 heavy (non-hydrogen) atoms. The van der Waals surface area contributed by atoms with Gasteiger partial charge >= 0.3 is 0 Å². The number of nitrogens with zero attached hydrogens (tertiary/aromatic N) is 4. The number of aromatic nitrogens is 4. The standard InChI is InChI=1S/C15H14Cl2N4/c1-15(2,3)9-4-6-10(7-5-9)21-8-18-11-12(16)19-14(17)20-13(11)21/h4-8H,1-3H3. The Morgan fingerprint density at radius 1 is 1.00 bits per heavy atom. The summed E-state index contributed by atoms with van der Waals surface area (Å²) in [4.78, 5) is 12.4. The van der Waals surface area contributed by atoms with Gasteiger partial charge in [0, 0.05) is 5.69 Å². The fraction of sp³-hybridized carbons (Fsp3) is 0.267. The number of fused-ring (bicyclic) bond motifs is 1. The molecule has 0 bridgehead atoms. The van der Waals surface area contributed by atoms with Crippen molar-refractivity contribution >= 4 is 34.4 Å². The average molecular weight is 321 g/mol. The van der Waals surface area contributed by atoms with Crippen LogP contribution in [-0.2, 0) is 5.41 Å². The number of rotatable bonds is 1. The van der Waals surface area contributed by atoms with Gasteiger partial charge in [0.15, 0.2) is 10.8 Å². The predicted molar refractivity (Wildman–Crippen MR) is 85.4 cm³/mol. The summed E-state index contributed by atoms with van der Waals surface area (Å²) in [5.74, 6) is 0. The monoisotopic (exact) mass is 320 g/mol. The van der Waals surface area contributed by atoms with Crippen molar-refractivity contribution in [1.29, 1.82) is 0 Å². The third kappa shape index (κ3) is 2.61. The van der Waals surface area contributed by atoms with E-state index in [1.165, 1.54) is 5.56 Å². The van der Waals surface area contributed by atoms with Crippen LogP contribution in [-0.4, -0.2) is 19.5 Å². The Bertz CT molecular complexity index is 801. The average Bonchev–Trinajstić information content (AvgIpc) is 2.82. The van der Waals surface area contributed by atoms with Crippen LogP contribution < -0.4 is 0 Å². The van der Waals surface area contributed by atoms with Gasteiger partial charge in [-0.2, -0.15) is 4.98 Å². The highest BCUT2D eigenvalue weighted by Gasteiger charge is 2.15. The number of hydrogen-bond acceptors (Lipinski definition) is 3. The van der Waals surface area contributed by atoms with Gasteiger partial charge in [-0.05, 0) is 34.7 Å². The second-order valence-corrected chi connectivity index (χ2v) is 6.56. The van der Waals surface area contributed by atoms with Crippen molar-refractivity contribution in [3.8, 4) is 5.69 Å². The SMILES string of the molecule is CC(C)(C)c1ccc(-n2cnc3c(Cl)nc(Cl)nc32)cc1. The Kier molecular flexibility index (Phi) is 3.38. The van der Waals surface area contributed by atoms with E-state index in [-0.39, 0.29) is 15.9 Å². The summed E-state index contributed by atoms with van der Waals surface area (Å²) in [5.41, 5.74) is 3.48. The number of benzene rings is 1. The summed E-state index contributed by atoms with van der Waals surface area (Å²) >= 11 is 11.9. The van der Waals surface area contributed by atoms with Crippen LogP contribution in [0.2, 0.25) is 10.4 Å². The molecule has 3 rings (SSSR count). The lowest BCUT2D eigenvalue weighted by Crippen LogP contribution is -2.10. The van der Waals surface area contributed by atoms with E-state index >= 15 is 0 Å². The molecule has 0 aliphatic heterocycles. The van der Waals surface area contributed by atoms with Gasteiger partial charge in [0.05, 0.1) is 0 Å². The third-order valence-electron chi connectivity index (χ3n) is 3.34. The van der Waals surface area contributed by atoms with Gasteiger partial charge in [-0.15, -0.1) is 0 Å². The predicted octanol–water partition coefficient (Wildman–Crippen LogP) is 4.42. The quantitative estimate of drug-likeness (QED) is 0.492. The van der Waals surface area contributed by atoms with Gasteiger partial charge in [-0.1, -0.05) is 44.5 Å². The molecule has 6 heteroatoms. The zero-order valence-electron chi connectivity index (χ0n) is 11.9. The van der Waals surface area contributed by atoms with Crippen LogP contribution in [0.4, 0.5) is 0 Å². The lowest BCUT2D eigenvalue weighted by molar-refractivity contribution is 0.590. The van der Waals surface area contributed by atoms with Crippen molar-refractivity contribution in [1.82, 2.24) is 19.5 Å². The molecule has 2 aromatic heterocycles. The molecular weight excluding hydrogens is 307 g/mol. The molecule has 0 saturated heterocycles. The van der Waals surface area contributed by atoms with Crippen molar-refractivity contribution in [2.24, 2.45) is 0 Å². The molecule has 0 N–H and O–H groups in total. The summed E-state index contributed by atoms with van der Waals surface area (Å²) < 4.78 is 1.85. The van der Waals surface area contributed by atoms with E-state index in [2.05, 4.69) is 47.9 Å². The zero-order chi connectivity index (χ0) is 15.2. The van der Waals surface area contributed by atoms with E-state index in [0.717, 1.165) is 5.69 Å². The van der Waals surface area contributed by atoms with Crippen LogP contribution in [0, 0.1) is 0 Å². The van der Waals surface area contributed by atoms with Crippen LogP contribution in [0.15, 0.2) is 30.6 Å². The highest BCUT2D eigenvalue weighted by atomic mass is 35.5. The summed E-state index contributed by atoms with van der Waals surface area (Å²) in [6, 6.07) is 8.27. The molecule has 3 aromatic rings. The Balaban J connectivity index is 2.13. The largest absolute Gasteiger partial charge is 0.283 e. The van der Waals surface area contributed by atoms with Crippen molar-refractivity contribution < 1.29 is 0 Å². The van der Waals surface area contributed by atoms with Crippen molar-refractivity contribution in [2.75, 3.05) is 0 Å². The molecule has 0 radical (unpaired) electrons. The maximum atomic E-state index is 6.04. The Morgan fingerprint density at radius 3 is 2.29 bits per heavy atom. The van der Waals surface area contributed by atoms with E-state index < -0.39 is 0 Å². The fourth-order valence-electron chi connectivity index (χ4n) is 2.15. The molecule has 0 atom stereocenters. The summed E-state index contributed by atoms with van der Waals surface area (Å²) in [6.45, 7) is 6.55. The number of halogens is 2.